The number of nitrogen functional groups attached to an aromatic ring is 1. The summed E-state index contributed by atoms with van der Waals surface area (Å²) >= 11 is 1.97. The van der Waals surface area contributed by atoms with Crippen molar-refractivity contribution in [2.45, 2.75) is 43.9 Å². The average molecular weight is 267 g/mol. The third-order valence-electron chi connectivity index (χ3n) is 3.29. The van der Waals surface area contributed by atoms with Crippen molar-refractivity contribution >= 4 is 23.5 Å². The van der Waals surface area contributed by atoms with Crippen molar-refractivity contribution in [1.82, 2.24) is 9.97 Å². The van der Waals surface area contributed by atoms with Crippen molar-refractivity contribution < 1.29 is 0 Å². The van der Waals surface area contributed by atoms with E-state index in [1.165, 1.54) is 25.7 Å². The topological polar surface area (TPSA) is 75.9 Å². The Morgan fingerprint density at radius 1 is 1.39 bits per heavy atom. The van der Waals surface area contributed by atoms with Gasteiger partial charge in [-0.25, -0.2) is 10.8 Å². The number of nitrogens with zero attached hydrogens (tertiary/aromatic N) is 2. The number of nitrogens with one attached hydrogen (secondary N) is 2. The van der Waals surface area contributed by atoms with Gasteiger partial charge in [0.2, 0.25) is 5.95 Å². The second kappa shape index (κ2) is 6.24. The van der Waals surface area contributed by atoms with Gasteiger partial charge in [-0.15, -0.1) is 0 Å². The minimum atomic E-state index is 0.467. The van der Waals surface area contributed by atoms with Crippen LogP contribution in [-0.2, 0) is 0 Å². The number of hydrogen-bond acceptors (Lipinski definition) is 6. The lowest BCUT2D eigenvalue weighted by Gasteiger charge is -2.29. The van der Waals surface area contributed by atoms with E-state index < -0.39 is 0 Å². The summed E-state index contributed by atoms with van der Waals surface area (Å²) in [6.07, 6.45) is 7.23. The summed E-state index contributed by atoms with van der Waals surface area (Å²) in [7, 11) is 0. The molecule has 1 aromatic rings. The van der Waals surface area contributed by atoms with E-state index in [-0.39, 0.29) is 0 Å². The summed E-state index contributed by atoms with van der Waals surface area (Å²) in [5, 5.41) is 4.27. The maximum Gasteiger partial charge on any atom is 0.239 e. The maximum absolute atomic E-state index is 5.36. The van der Waals surface area contributed by atoms with E-state index in [1.807, 2.05) is 24.8 Å². The summed E-state index contributed by atoms with van der Waals surface area (Å²) in [4.78, 5) is 8.52. The lowest BCUT2D eigenvalue weighted by molar-refractivity contribution is 0.472. The number of hydrogen-bond donors (Lipinski definition) is 3. The van der Waals surface area contributed by atoms with E-state index >= 15 is 0 Å². The van der Waals surface area contributed by atoms with Crippen LogP contribution in [0.3, 0.4) is 0 Å². The summed E-state index contributed by atoms with van der Waals surface area (Å²) in [6, 6.07) is 2.47. The molecule has 0 spiro atoms. The number of aryl methyl sites for hydroxylation is 1. The Labute approximate surface area is 112 Å². The summed E-state index contributed by atoms with van der Waals surface area (Å²) in [6.45, 7) is 1.94. The molecule has 2 rings (SSSR count). The van der Waals surface area contributed by atoms with Gasteiger partial charge in [-0.1, -0.05) is 6.42 Å². The standard InChI is InChI=1S/C12H21N5S/c1-8-6-11(16-12(14-8)17-13)15-9-4-3-5-10(7-9)18-2/h6,9-10H,3-5,7,13H2,1-2H3,(H2,14,15,16,17). The highest BCUT2D eigenvalue weighted by atomic mass is 32.2. The molecule has 0 aliphatic heterocycles. The van der Waals surface area contributed by atoms with Gasteiger partial charge in [0.15, 0.2) is 0 Å². The van der Waals surface area contributed by atoms with Crippen LogP contribution in [-0.4, -0.2) is 27.5 Å². The molecule has 0 amide bonds. The molecule has 0 radical (unpaired) electrons. The van der Waals surface area contributed by atoms with Gasteiger partial charge in [-0.2, -0.15) is 16.7 Å². The van der Waals surface area contributed by atoms with Crippen LogP contribution in [0.25, 0.3) is 0 Å². The molecule has 6 heteroatoms. The summed E-state index contributed by atoms with van der Waals surface area (Å²) < 4.78 is 0. The first-order chi connectivity index (χ1) is 8.71. The van der Waals surface area contributed by atoms with E-state index in [0.717, 1.165) is 16.8 Å². The van der Waals surface area contributed by atoms with Crippen molar-refractivity contribution in [2.75, 3.05) is 17.0 Å². The zero-order chi connectivity index (χ0) is 13.0. The minimum absolute atomic E-state index is 0.467. The third-order valence-corrected chi connectivity index (χ3v) is 4.39. The van der Waals surface area contributed by atoms with Crippen LogP contribution in [0.5, 0.6) is 0 Å². The number of aromatic nitrogens is 2. The normalized spacial score (nSPS) is 23.7. The second-order valence-corrected chi connectivity index (χ2v) is 5.87. The molecular formula is C12H21N5S. The van der Waals surface area contributed by atoms with Gasteiger partial charge in [-0.05, 0) is 32.4 Å². The fourth-order valence-corrected chi connectivity index (χ4v) is 3.23. The van der Waals surface area contributed by atoms with Crippen molar-refractivity contribution in [3.05, 3.63) is 11.8 Å². The lowest BCUT2D eigenvalue weighted by Crippen LogP contribution is -2.29. The van der Waals surface area contributed by atoms with Crippen molar-refractivity contribution in [3.63, 3.8) is 0 Å². The van der Waals surface area contributed by atoms with Gasteiger partial charge in [0, 0.05) is 23.1 Å². The van der Waals surface area contributed by atoms with Gasteiger partial charge in [-0.3, -0.25) is 5.43 Å². The summed E-state index contributed by atoms with van der Waals surface area (Å²) in [5.41, 5.74) is 3.41. The molecule has 2 unspecified atom stereocenters. The number of thioether (sulfide) groups is 1. The third kappa shape index (κ3) is 3.49. The Kier molecular flexibility index (Phi) is 4.66. The molecule has 0 bridgehead atoms. The predicted molar refractivity (Wildman–Crippen MR) is 77.8 cm³/mol. The molecule has 0 saturated heterocycles. The number of anilines is 2. The highest BCUT2D eigenvalue weighted by Crippen LogP contribution is 2.28. The van der Waals surface area contributed by atoms with Crippen molar-refractivity contribution in [2.24, 2.45) is 5.84 Å². The van der Waals surface area contributed by atoms with E-state index in [0.29, 0.717) is 12.0 Å². The van der Waals surface area contributed by atoms with Crippen LogP contribution < -0.4 is 16.6 Å². The van der Waals surface area contributed by atoms with Gasteiger partial charge in [0.25, 0.3) is 0 Å². The molecule has 1 aromatic heterocycles. The second-order valence-electron chi connectivity index (χ2n) is 4.73. The van der Waals surface area contributed by atoms with Crippen LogP contribution >= 0.6 is 11.8 Å². The molecule has 1 fully saturated rings. The molecule has 4 N–H and O–H groups in total. The molecule has 100 valence electrons. The first-order valence-electron chi connectivity index (χ1n) is 6.33. The lowest BCUT2D eigenvalue weighted by atomic mass is 9.95. The quantitative estimate of drug-likeness (QED) is 0.573. The molecule has 5 nitrogen and oxygen atoms in total. The van der Waals surface area contributed by atoms with E-state index in [4.69, 9.17) is 5.84 Å². The summed E-state index contributed by atoms with van der Waals surface area (Å²) in [5.74, 6) is 6.69. The zero-order valence-electron chi connectivity index (χ0n) is 10.9. The highest BCUT2D eigenvalue weighted by Gasteiger charge is 2.21. The molecule has 0 aromatic carbocycles. The van der Waals surface area contributed by atoms with Crippen LogP contribution in [0.4, 0.5) is 11.8 Å². The number of rotatable bonds is 4. The van der Waals surface area contributed by atoms with Crippen molar-refractivity contribution in [3.8, 4) is 0 Å². The van der Waals surface area contributed by atoms with Crippen LogP contribution in [0.15, 0.2) is 6.07 Å². The molecule has 1 aliphatic carbocycles. The largest absolute Gasteiger partial charge is 0.367 e. The van der Waals surface area contributed by atoms with Crippen molar-refractivity contribution in [1.29, 1.82) is 0 Å². The number of nitrogens with two attached hydrogens (primary N) is 1. The molecule has 2 atom stereocenters. The van der Waals surface area contributed by atoms with E-state index in [1.54, 1.807) is 0 Å². The Morgan fingerprint density at radius 3 is 2.94 bits per heavy atom. The van der Waals surface area contributed by atoms with Gasteiger partial charge >= 0.3 is 0 Å². The van der Waals surface area contributed by atoms with Crippen LogP contribution in [0.1, 0.15) is 31.4 Å². The maximum atomic E-state index is 5.36. The average Bonchev–Trinajstić information content (AvgIpc) is 2.38. The fraction of sp³-hybridized carbons (Fsp3) is 0.667. The Bertz CT molecular complexity index is 398. The Morgan fingerprint density at radius 2 is 2.22 bits per heavy atom. The molecular weight excluding hydrogens is 246 g/mol. The van der Waals surface area contributed by atoms with Crippen LogP contribution in [0.2, 0.25) is 0 Å². The fourth-order valence-electron chi connectivity index (χ4n) is 2.41. The molecule has 18 heavy (non-hydrogen) atoms. The van der Waals surface area contributed by atoms with E-state index in [2.05, 4.69) is 27.0 Å². The molecule has 1 aliphatic rings. The predicted octanol–water partition coefficient (Wildman–Crippen LogP) is 2.16. The molecule has 1 saturated carbocycles. The minimum Gasteiger partial charge on any atom is -0.367 e. The van der Waals surface area contributed by atoms with E-state index in [9.17, 15) is 0 Å². The van der Waals surface area contributed by atoms with Crippen LogP contribution in [0, 0.1) is 6.92 Å². The first kappa shape index (κ1) is 13.4. The first-order valence-corrected chi connectivity index (χ1v) is 7.61. The number of hydrazine groups is 1. The van der Waals surface area contributed by atoms with Gasteiger partial charge in [0.1, 0.15) is 5.82 Å². The Hall–Kier alpha value is -1.01. The van der Waals surface area contributed by atoms with Gasteiger partial charge in [0.05, 0.1) is 0 Å². The van der Waals surface area contributed by atoms with Gasteiger partial charge < -0.3 is 5.32 Å². The molecule has 1 heterocycles. The Balaban J connectivity index is 2.02. The highest BCUT2D eigenvalue weighted by molar-refractivity contribution is 7.99. The SMILES string of the molecule is CSC1CCCC(Nc2cc(C)nc(NN)n2)C1. The monoisotopic (exact) mass is 267 g/mol. The zero-order valence-corrected chi connectivity index (χ0v) is 11.8. The smallest absolute Gasteiger partial charge is 0.239 e.